The van der Waals surface area contributed by atoms with Crippen molar-refractivity contribution in [3.63, 3.8) is 0 Å². The number of piperidine rings is 1. The zero-order valence-electron chi connectivity index (χ0n) is 15.0. The van der Waals surface area contributed by atoms with Crippen molar-refractivity contribution < 1.29 is 9.21 Å². The van der Waals surface area contributed by atoms with Crippen LogP contribution >= 0.6 is 0 Å². The number of carbonyl (C=O) groups is 1. The van der Waals surface area contributed by atoms with Crippen LogP contribution in [0.3, 0.4) is 0 Å². The summed E-state index contributed by atoms with van der Waals surface area (Å²) in [6.45, 7) is 5.64. The summed E-state index contributed by atoms with van der Waals surface area (Å²) in [5.74, 6) is 1.99. The first-order valence-corrected chi connectivity index (χ1v) is 9.52. The lowest BCUT2D eigenvalue weighted by atomic mass is 9.97. The third-order valence-corrected chi connectivity index (χ3v) is 5.26. The summed E-state index contributed by atoms with van der Waals surface area (Å²) in [6.07, 6.45) is 9.14. The predicted octanol–water partition coefficient (Wildman–Crippen LogP) is 3.80. The molecule has 2 fully saturated rings. The van der Waals surface area contributed by atoms with Crippen molar-refractivity contribution in [1.29, 1.82) is 0 Å². The summed E-state index contributed by atoms with van der Waals surface area (Å²) in [5.41, 5.74) is 0. The van der Waals surface area contributed by atoms with E-state index >= 15 is 0 Å². The van der Waals surface area contributed by atoms with E-state index in [2.05, 4.69) is 29.4 Å². The van der Waals surface area contributed by atoms with Gasteiger partial charge in [-0.2, -0.15) is 0 Å². The summed E-state index contributed by atoms with van der Waals surface area (Å²) >= 11 is 0. The molecule has 2 amide bonds. The molecule has 134 valence electrons. The van der Waals surface area contributed by atoms with E-state index in [1.165, 1.54) is 25.7 Å². The molecule has 0 aromatic carbocycles. The molecule has 1 aliphatic heterocycles. The summed E-state index contributed by atoms with van der Waals surface area (Å²) in [4.78, 5) is 14.4. The van der Waals surface area contributed by atoms with Gasteiger partial charge in [0, 0.05) is 31.0 Å². The minimum Gasteiger partial charge on any atom is -0.425 e. The van der Waals surface area contributed by atoms with Crippen molar-refractivity contribution in [3.05, 3.63) is 11.8 Å². The average Bonchev–Trinajstić information content (AvgIpc) is 2.95. The number of likely N-dealkylation sites (tertiary alicyclic amines) is 1. The van der Waals surface area contributed by atoms with Gasteiger partial charge in [0.25, 0.3) is 0 Å². The van der Waals surface area contributed by atoms with Gasteiger partial charge in [-0.3, -0.25) is 0 Å². The number of carbonyl (C=O) groups excluding carboxylic acids is 1. The fourth-order valence-electron chi connectivity index (χ4n) is 3.66. The number of nitrogens with zero attached hydrogens (tertiary/aromatic N) is 3. The molecular weight excluding hydrogens is 304 g/mol. The second kappa shape index (κ2) is 7.99. The molecule has 1 aromatic rings. The second-order valence-corrected chi connectivity index (χ2v) is 7.53. The molecule has 2 aliphatic rings. The van der Waals surface area contributed by atoms with Crippen LogP contribution < -0.4 is 5.32 Å². The molecule has 2 heterocycles. The van der Waals surface area contributed by atoms with Gasteiger partial charge in [0.1, 0.15) is 0 Å². The van der Waals surface area contributed by atoms with Gasteiger partial charge < -0.3 is 14.6 Å². The molecule has 6 heteroatoms. The highest BCUT2D eigenvalue weighted by Gasteiger charge is 2.28. The van der Waals surface area contributed by atoms with Crippen molar-refractivity contribution in [2.45, 2.75) is 83.1 Å². The molecular formula is C18H30N4O2. The van der Waals surface area contributed by atoms with Gasteiger partial charge in [0.15, 0.2) is 0 Å². The first kappa shape index (κ1) is 17.2. The normalized spacial score (nSPS) is 21.0. The van der Waals surface area contributed by atoms with Gasteiger partial charge in [0.2, 0.25) is 11.8 Å². The highest BCUT2D eigenvalue weighted by atomic mass is 16.4. The average molecular weight is 334 g/mol. The molecule has 0 unspecified atom stereocenters. The van der Waals surface area contributed by atoms with Crippen LogP contribution in [0.5, 0.6) is 0 Å². The zero-order chi connectivity index (χ0) is 16.9. The van der Waals surface area contributed by atoms with Crippen LogP contribution in [0.1, 0.15) is 88.8 Å². The molecule has 24 heavy (non-hydrogen) atoms. The quantitative estimate of drug-likeness (QED) is 0.853. The monoisotopic (exact) mass is 334 g/mol. The van der Waals surface area contributed by atoms with E-state index in [1.54, 1.807) is 0 Å². The maximum atomic E-state index is 12.5. The van der Waals surface area contributed by atoms with Gasteiger partial charge in [-0.1, -0.05) is 39.5 Å². The Hall–Kier alpha value is -1.59. The van der Waals surface area contributed by atoms with Crippen LogP contribution in [-0.2, 0) is 0 Å². The van der Waals surface area contributed by atoms with Crippen LogP contribution in [0.2, 0.25) is 0 Å². The van der Waals surface area contributed by atoms with Crippen LogP contribution in [0.25, 0.3) is 0 Å². The number of nitrogens with one attached hydrogen (secondary N) is 1. The number of hydrogen-bond acceptors (Lipinski definition) is 4. The first-order chi connectivity index (χ1) is 11.6. The van der Waals surface area contributed by atoms with E-state index in [0.29, 0.717) is 11.9 Å². The number of rotatable bonds is 3. The molecule has 0 bridgehead atoms. The summed E-state index contributed by atoms with van der Waals surface area (Å²) < 4.78 is 5.77. The molecule has 1 saturated carbocycles. The largest absolute Gasteiger partial charge is 0.425 e. The second-order valence-electron chi connectivity index (χ2n) is 7.53. The number of hydrogen-bond donors (Lipinski definition) is 1. The predicted molar refractivity (Wildman–Crippen MR) is 92.0 cm³/mol. The first-order valence-electron chi connectivity index (χ1n) is 9.52. The highest BCUT2D eigenvalue weighted by molar-refractivity contribution is 5.74. The molecule has 6 nitrogen and oxygen atoms in total. The Morgan fingerprint density at radius 1 is 1.08 bits per heavy atom. The van der Waals surface area contributed by atoms with Crippen LogP contribution in [0.4, 0.5) is 4.79 Å². The van der Waals surface area contributed by atoms with Crippen LogP contribution in [0, 0.1) is 0 Å². The smallest absolute Gasteiger partial charge is 0.317 e. The van der Waals surface area contributed by atoms with Crippen molar-refractivity contribution >= 4 is 6.03 Å². The fraction of sp³-hybridized carbons (Fsp3) is 0.833. The van der Waals surface area contributed by atoms with E-state index in [0.717, 1.165) is 44.7 Å². The van der Waals surface area contributed by atoms with Crippen LogP contribution in [0.15, 0.2) is 4.42 Å². The SMILES string of the molecule is CC(C)c1nnc(C2CCN(C(=O)NC3CCCCCC3)CC2)o1. The van der Waals surface area contributed by atoms with Gasteiger partial charge >= 0.3 is 6.03 Å². The van der Waals surface area contributed by atoms with E-state index in [4.69, 9.17) is 4.42 Å². The Labute approximate surface area is 144 Å². The van der Waals surface area contributed by atoms with Crippen molar-refractivity contribution in [2.75, 3.05) is 13.1 Å². The maximum absolute atomic E-state index is 12.5. The van der Waals surface area contributed by atoms with Crippen molar-refractivity contribution in [2.24, 2.45) is 0 Å². The van der Waals surface area contributed by atoms with Crippen LogP contribution in [-0.4, -0.2) is 40.3 Å². The summed E-state index contributed by atoms with van der Waals surface area (Å²) in [6, 6.07) is 0.469. The van der Waals surface area contributed by atoms with E-state index in [1.807, 2.05) is 4.90 Å². The Morgan fingerprint density at radius 3 is 2.33 bits per heavy atom. The Bertz CT molecular complexity index is 527. The lowest BCUT2D eigenvalue weighted by molar-refractivity contribution is 0.172. The summed E-state index contributed by atoms with van der Waals surface area (Å²) in [7, 11) is 0. The molecule has 3 rings (SSSR count). The van der Waals surface area contributed by atoms with Gasteiger partial charge in [-0.15, -0.1) is 10.2 Å². The van der Waals surface area contributed by atoms with E-state index in [-0.39, 0.29) is 17.9 Å². The van der Waals surface area contributed by atoms with Gasteiger partial charge in [-0.25, -0.2) is 4.79 Å². The van der Waals surface area contributed by atoms with Crippen molar-refractivity contribution in [1.82, 2.24) is 20.4 Å². The third-order valence-electron chi connectivity index (χ3n) is 5.26. The number of amides is 2. The molecule has 1 aromatic heterocycles. The number of urea groups is 1. The molecule has 1 N–H and O–H groups in total. The number of aromatic nitrogens is 2. The Morgan fingerprint density at radius 2 is 1.75 bits per heavy atom. The maximum Gasteiger partial charge on any atom is 0.317 e. The topological polar surface area (TPSA) is 71.3 Å². The molecule has 0 spiro atoms. The molecule has 0 atom stereocenters. The lowest BCUT2D eigenvalue weighted by Gasteiger charge is -2.32. The molecule has 1 aliphatic carbocycles. The zero-order valence-corrected chi connectivity index (χ0v) is 15.0. The minimum atomic E-state index is 0.105. The summed E-state index contributed by atoms with van der Waals surface area (Å²) in [5, 5.41) is 11.6. The Kier molecular flexibility index (Phi) is 5.74. The highest BCUT2D eigenvalue weighted by Crippen LogP contribution is 2.28. The van der Waals surface area contributed by atoms with Crippen molar-refractivity contribution in [3.8, 4) is 0 Å². The minimum absolute atomic E-state index is 0.105. The third kappa shape index (κ3) is 4.28. The molecule has 0 radical (unpaired) electrons. The Balaban J connectivity index is 1.47. The van der Waals surface area contributed by atoms with E-state index < -0.39 is 0 Å². The van der Waals surface area contributed by atoms with Gasteiger partial charge in [-0.05, 0) is 25.7 Å². The van der Waals surface area contributed by atoms with Gasteiger partial charge in [0.05, 0.1) is 0 Å². The fourth-order valence-corrected chi connectivity index (χ4v) is 3.66. The standard InChI is InChI=1S/C18H30N4O2/c1-13(2)16-20-21-17(24-16)14-9-11-22(12-10-14)18(23)19-15-7-5-3-4-6-8-15/h13-15H,3-12H2,1-2H3,(H,19,23). The molecule has 1 saturated heterocycles. The van der Waals surface area contributed by atoms with E-state index in [9.17, 15) is 4.79 Å². The lowest BCUT2D eigenvalue weighted by Crippen LogP contribution is -2.47.